The van der Waals surface area contributed by atoms with Crippen LogP contribution >= 0.6 is 11.6 Å². The van der Waals surface area contributed by atoms with E-state index in [2.05, 4.69) is 41.5 Å². The SMILES string of the molecule is Cc1cc(Cl)ccc1NCc1ccc2ncccc2c1. The third-order valence-electron chi connectivity index (χ3n) is 3.34. The summed E-state index contributed by atoms with van der Waals surface area (Å²) in [5.74, 6) is 0. The van der Waals surface area contributed by atoms with Crippen molar-refractivity contribution in [3.8, 4) is 0 Å². The molecule has 3 heteroatoms. The zero-order chi connectivity index (χ0) is 13.9. The van der Waals surface area contributed by atoms with Gasteiger partial charge >= 0.3 is 0 Å². The number of anilines is 1. The Labute approximate surface area is 123 Å². The third kappa shape index (κ3) is 2.75. The van der Waals surface area contributed by atoms with Crippen LogP contribution in [0, 0.1) is 6.92 Å². The molecule has 0 aliphatic carbocycles. The van der Waals surface area contributed by atoms with Crippen LogP contribution in [0.5, 0.6) is 0 Å². The number of nitrogens with zero attached hydrogens (tertiary/aromatic N) is 1. The van der Waals surface area contributed by atoms with Gasteiger partial charge in [-0.3, -0.25) is 4.98 Å². The summed E-state index contributed by atoms with van der Waals surface area (Å²) in [7, 11) is 0. The summed E-state index contributed by atoms with van der Waals surface area (Å²) in [4.78, 5) is 4.33. The van der Waals surface area contributed by atoms with Crippen molar-refractivity contribution in [2.24, 2.45) is 0 Å². The molecule has 0 spiro atoms. The van der Waals surface area contributed by atoms with Gasteiger partial charge in [-0.05, 0) is 54.4 Å². The van der Waals surface area contributed by atoms with Crippen molar-refractivity contribution in [1.29, 1.82) is 0 Å². The highest BCUT2D eigenvalue weighted by Crippen LogP contribution is 2.21. The van der Waals surface area contributed by atoms with Crippen molar-refractivity contribution in [2.75, 3.05) is 5.32 Å². The monoisotopic (exact) mass is 282 g/mol. The Morgan fingerprint density at radius 3 is 2.85 bits per heavy atom. The highest BCUT2D eigenvalue weighted by atomic mass is 35.5. The second kappa shape index (κ2) is 5.51. The first-order valence-electron chi connectivity index (χ1n) is 6.56. The van der Waals surface area contributed by atoms with Crippen LogP contribution in [0.3, 0.4) is 0 Å². The molecular weight excluding hydrogens is 268 g/mol. The van der Waals surface area contributed by atoms with E-state index >= 15 is 0 Å². The summed E-state index contributed by atoms with van der Waals surface area (Å²) in [5.41, 5.74) is 4.53. The summed E-state index contributed by atoms with van der Waals surface area (Å²) in [6, 6.07) is 16.3. The second-order valence-electron chi connectivity index (χ2n) is 4.84. The lowest BCUT2D eigenvalue weighted by molar-refractivity contribution is 1.14. The van der Waals surface area contributed by atoms with Crippen molar-refractivity contribution >= 4 is 28.2 Å². The van der Waals surface area contributed by atoms with Gasteiger partial charge in [-0.15, -0.1) is 0 Å². The lowest BCUT2D eigenvalue weighted by Crippen LogP contribution is -2.01. The minimum atomic E-state index is 0.768. The van der Waals surface area contributed by atoms with E-state index in [0.29, 0.717) is 0 Å². The van der Waals surface area contributed by atoms with E-state index in [1.54, 1.807) is 0 Å². The van der Waals surface area contributed by atoms with Gasteiger partial charge in [-0.2, -0.15) is 0 Å². The summed E-state index contributed by atoms with van der Waals surface area (Å²) < 4.78 is 0. The number of rotatable bonds is 3. The number of hydrogen-bond acceptors (Lipinski definition) is 2. The van der Waals surface area contributed by atoms with E-state index in [1.807, 2.05) is 30.5 Å². The number of nitrogens with one attached hydrogen (secondary N) is 1. The quantitative estimate of drug-likeness (QED) is 0.746. The summed E-state index contributed by atoms with van der Waals surface area (Å²) >= 11 is 5.96. The first-order chi connectivity index (χ1) is 9.72. The van der Waals surface area contributed by atoms with Gasteiger partial charge in [0, 0.05) is 28.8 Å². The number of aromatic nitrogens is 1. The molecule has 0 atom stereocenters. The Morgan fingerprint density at radius 1 is 1.10 bits per heavy atom. The Morgan fingerprint density at radius 2 is 2.00 bits per heavy atom. The molecule has 0 saturated heterocycles. The van der Waals surface area contributed by atoms with E-state index < -0.39 is 0 Å². The van der Waals surface area contributed by atoms with E-state index in [-0.39, 0.29) is 0 Å². The predicted molar refractivity (Wildman–Crippen MR) is 85.3 cm³/mol. The molecule has 1 aromatic heterocycles. The van der Waals surface area contributed by atoms with Gasteiger partial charge in [0.25, 0.3) is 0 Å². The van der Waals surface area contributed by atoms with Gasteiger partial charge in [-0.25, -0.2) is 0 Å². The lowest BCUT2D eigenvalue weighted by Gasteiger charge is -2.10. The number of pyridine rings is 1. The molecule has 100 valence electrons. The molecule has 0 amide bonds. The fourth-order valence-electron chi connectivity index (χ4n) is 2.26. The van der Waals surface area contributed by atoms with Crippen LogP contribution in [-0.2, 0) is 6.54 Å². The summed E-state index contributed by atoms with van der Waals surface area (Å²) in [5, 5.41) is 5.38. The lowest BCUT2D eigenvalue weighted by atomic mass is 10.1. The molecule has 2 nitrogen and oxygen atoms in total. The molecule has 0 fully saturated rings. The van der Waals surface area contributed by atoms with Crippen LogP contribution < -0.4 is 5.32 Å². The second-order valence-corrected chi connectivity index (χ2v) is 5.28. The van der Waals surface area contributed by atoms with Gasteiger partial charge in [0.15, 0.2) is 0 Å². The fourth-order valence-corrected chi connectivity index (χ4v) is 2.48. The molecular formula is C17H15ClN2. The van der Waals surface area contributed by atoms with Crippen LogP contribution in [0.2, 0.25) is 5.02 Å². The zero-order valence-electron chi connectivity index (χ0n) is 11.2. The van der Waals surface area contributed by atoms with Crippen molar-refractivity contribution in [3.63, 3.8) is 0 Å². The molecule has 0 radical (unpaired) electrons. The molecule has 2 aromatic carbocycles. The minimum absolute atomic E-state index is 0.768. The number of halogens is 1. The molecule has 0 aliphatic heterocycles. The van der Waals surface area contributed by atoms with Crippen molar-refractivity contribution < 1.29 is 0 Å². The van der Waals surface area contributed by atoms with Gasteiger partial charge in [-0.1, -0.05) is 23.7 Å². The van der Waals surface area contributed by atoms with Crippen molar-refractivity contribution in [2.45, 2.75) is 13.5 Å². The molecule has 3 rings (SSSR count). The standard InChI is InChI=1S/C17H15ClN2/c1-12-9-15(18)5-7-16(12)20-11-13-4-6-17-14(10-13)3-2-8-19-17/h2-10,20H,11H2,1H3. The maximum atomic E-state index is 5.96. The topological polar surface area (TPSA) is 24.9 Å². The number of benzene rings is 2. The van der Waals surface area contributed by atoms with Gasteiger partial charge in [0.2, 0.25) is 0 Å². The first-order valence-corrected chi connectivity index (χ1v) is 6.94. The Bertz CT molecular complexity index is 753. The van der Waals surface area contributed by atoms with Crippen molar-refractivity contribution in [1.82, 2.24) is 4.98 Å². The molecule has 20 heavy (non-hydrogen) atoms. The maximum absolute atomic E-state index is 5.96. The predicted octanol–water partition coefficient (Wildman–Crippen LogP) is 4.81. The molecule has 1 N–H and O–H groups in total. The zero-order valence-corrected chi connectivity index (χ0v) is 12.0. The highest BCUT2D eigenvalue weighted by Gasteiger charge is 2.00. The van der Waals surface area contributed by atoms with E-state index in [4.69, 9.17) is 11.6 Å². The fraction of sp³-hybridized carbons (Fsp3) is 0.118. The normalized spacial score (nSPS) is 10.7. The average molecular weight is 283 g/mol. The summed E-state index contributed by atoms with van der Waals surface area (Å²) in [6.45, 7) is 2.84. The molecule has 3 aromatic rings. The van der Waals surface area contributed by atoms with Crippen LogP contribution in [0.25, 0.3) is 10.9 Å². The van der Waals surface area contributed by atoms with Crippen molar-refractivity contribution in [3.05, 3.63) is 70.9 Å². The van der Waals surface area contributed by atoms with Crippen LogP contribution in [0.1, 0.15) is 11.1 Å². The Kier molecular flexibility index (Phi) is 3.57. The van der Waals surface area contributed by atoms with Crippen LogP contribution in [0.15, 0.2) is 54.7 Å². The number of fused-ring (bicyclic) bond motifs is 1. The molecule has 0 bridgehead atoms. The van der Waals surface area contributed by atoms with E-state index in [0.717, 1.165) is 28.3 Å². The Balaban J connectivity index is 1.79. The number of hydrogen-bond donors (Lipinski definition) is 1. The first kappa shape index (κ1) is 12.9. The molecule has 0 aliphatic rings. The van der Waals surface area contributed by atoms with E-state index in [9.17, 15) is 0 Å². The highest BCUT2D eigenvalue weighted by molar-refractivity contribution is 6.30. The van der Waals surface area contributed by atoms with Crippen LogP contribution in [-0.4, -0.2) is 4.98 Å². The molecule has 0 saturated carbocycles. The Hall–Kier alpha value is -2.06. The smallest absolute Gasteiger partial charge is 0.0702 e. The largest absolute Gasteiger partial charge is 0.381 e. The van der Waals surface area contributed by atoms with E-state index in [1.165, 1.54) is 10.9 Å². The third-order valence-corrected chi connectivity index (χ3v) is 3.57. The maximum Gasteiger partial charge on any atom is 0.0702 e. The minimum Gasteiger partial charge on any atom is -0.381 e. The average Bonchev–Trinajstić information content (AvgIpc) is 2.46. The van der Waals surface area contributed by atoms with Gasteiger partial charge < -0.3 is 5.32 Å². The summed E-state index contributed by atoms with van der Waals surface area (Å²) in [6.07, 6.45) is 1.82. The molecule has 0 unspecified atom stereocenters. The van der Waals surface area contributed by atoms with Crippen LogP contribution in [0.4, 0.5) is 5.69 Å². The molecule has 1 heterocycles. The number of aryl methyl sites for hydroxylation is 1. The van der Waals surface area contributed by atoms with Gasteiger partial charge in [0.05, 0.1) is 5.52 Å². The van der Waals surface area contributed by atoms with Gasteiger partial charge in [0.1, 0.15) is 0 Å².